The van der Waals surface area contributed by atoms with Gasteiger partial charge in [0.15, 0.2) is 0 Å². The first kappa shape index (κ1) is 13.5. The third kappa shape index (κ3) is 3.72. The Hall–Kier alpha value is -1.60. The smallest absolute Gasteiger partial charge is 0.497 e. The second-order valence-electron chi connectivity index (χ2n) is 2.91. The zero-order chi connectivity index (χ0) is 13.3. The molecule has 0 unspecified atom stereocenters. The van der Waals surface area contributed by atoms with E-state index in [4.69, 9.17) is 0 Å². The second kappa shape index (κ2) is 4.34. The molecule has 1 aromatic rings. The van der Waals surface area contributed by atoms with E-state index in [1.54, 1.807) is 0 Å². The van der Waals surface area contributed by atoms with Crippen LogP contribution >= 0.6 is 0 Å². The summed E-state index contributed by atoms with van der Waals surface area (Å²) in [5.74, 6) is -1.51. The van der Waals surface area contributed by atoms with E-state index in [0.717, 1.165) is 13.2 Å². The molecule has 0 aliphatic carbocycles. The van der Waals surface area contributed by atoms with Crippen LogP contribution in [0.1, 0.15) is 5.56 Å². The quantitative estimate of drug-likeness (QED) is 0.756. The molecule has 0 saturated heterocycles. The Morgan fingerprint density at radius 2 is 1.59 bits per heavy atom. The number of methoxy groups -OCH3 is 1. The van der Waals surface area contributed by atoms with Gasteiger partial charge in [-0.1, -0.05) is 0 Å². The van der Waals surface area contributed by atoms with Crippen molar-refractivity contribution >= 4 is 0 Å². The summed E-state index contributed by atoms with van der Waals surface area (Å²) in [6.07, 6.45) is -10.1. The molecule has 8 heteroatoms. The van der Waals surface area contributed by atoms with Crippen LogP contribution in [0.25, 0.3) is 0 Å². The molecule has 0 fully saturated rings. The van der Waals surface area contributed by atoms with Gasteiger partial charge in [0, 0.05) is 6.07 Å². The summed E-state index contributed by atoms with van der Waals surface area (Å²) in [6.45, 7) is 0. The first-order valence-corrected chi connectivity index (χ1v) is 4.14. The number of hydrogen-bond donors (Lipinski definition) is 0. The molecule has 0 aliphatic heterocycles. The molecule has 0 heterocycles. The average molecular weight is 260 g/mol. The topological polar surface area (TPSA) is 18.5 Å². The number of hydrogen-bond acceptors (Lipinski definition) is 2. The van der Waals surface area contributed by atoms with E-state index in [-0.39, 0.29) is 5.75 Å². The summed E-state index contributed by atoms with van der Waals surface area (Å²) in [6, 6.07) is 1.88. The Balaban J connectivity index is 3.22. The molecule has 0 amide bonds. The van der Waals surface area contributed by atoms with Crippen LogP contribution in [-0.2, 0) is 6.18 Å². The Kier molecular flexibility index (Phi) is 3.44. The van der Waals surface area contributed by atoms with Gasteiger partial charge in [-0.25, -0.2) is 0 Å². The van der Waals surface area contributed by atoms with Crippen LogP contribution in [0.3, 0.4) is 0 Å². The molecule has 0 N–H and O–H groups in total. The summed E-state index contributed by atoms with van der Waals surface area (Å²) in [5.41, 5.74) is -1.52. The SMILES string of the molecule is COc1ccc(C(F)(F)F)c(OC(F)(F)F)c1. The van der Waals surface area contributed by atoms with Crippen molar-refractivity contribution in [2.24, 2.45) is 0 Å². The predicted molar refractivity (Wildman–Crippen MR) is 44.7 cm³/mol. The van der Waals surface area contributed by atoms with Gasteiger partial charge in [0.25, 0.3) is 0 Å². The highest BCUT2D eigenvalue weighted by molar-refractivity contribution is 5.42. The van der Waals surface area contributed by atoms with Gasteiger partial charge in [0.1, 0.15) is 11.5 Å². The lowest BCUT2D eigenvalue weighted by Gasteiger charge is -2.15. The summed E-state index contributed by atoms with van der Waals surface area (Å²) < 4.78 is 80.7. The fraction of sp³-hybridized carbons (Fsp3) is 0.333. The first-order chi connectivity index (χ1) is 7.63. The molecule has 0 aromatic heterocycles. The minimum atomic E-state index is -5.20. The third-order valence-electron chi connectivity index (χ3n) is 1.72. The van der Waals surface area contributed by atoms with Crippen molar-refractivity contribution in [3.63, 3.8) is 0 Å². The standard InChI is InChI=1S/C9H6F6O2/c1-16-5-2-3-6(8(10,11)12)7(4-5)17-9(13,14)15/h2-4H,1H3. The highest BCUT2D eigenvalue weighted by Gasteiger charge is 2.39. The van der Waals surface area contributed by atoms with Crippen LogP contribution < -0.4 is 9.47 Å². The Morgan fingerprint density at radius 3 is 2.00 bits per heavy atom. The minimum absolute atomic E-state index is 0.169. The molecule has 0 atom stereocenters. The second-order valence-corrected chi connectivity index (χ2v) is 2.91. The molecule has 0 bridgehead atoms. The van der Waals surface area contributed by atoms with Crippen molar-refractivity contribution in [1.82, 2.24) is 0 Å². The molecule has 1 rings (SSSR count). The number of benzene rings is 1. The number of halogens is 6. The number of ether oxygens (including phenoxy) is 2. The van der Waals surface area contributed by atoms with Crippen molar-refractivity contribution in [2.75, 3.05) is 7.11 Å². The molecule has 0 saturated carbocycles. The lowest BCUT2D eigenvalue weighted by atomic mass is 10.2. The summed E-state index contributed by atoms with van der Waals surface area (Å²) in [7, 11) is 1.11. The van der Waals surface area contributed by atoms with E-state index in [9.17, 15) is 26.3 Å². The van der Waals surface area contributed by atoms with Crippen LogP contribution in [0.15, 0.2) is 18.2 Å². The van der Waals surface area contributed by atoms with Gasteiger partial charge in [0.2, 0.25) is 0 Å². The van der Waals surface area contributed by atoms with Crippen LogP contribution in [0.2, 0.25) is 0 Å². The highest BCUT2D eigenvalue weighted by Crippen LogP contribution is 2.40. The summed E-state index contributed by atoms with van der Waals surface area (Å²) in [5, 5.41) is 0. The maximum atomic E-state index is 12.4. The molecule has 17 heavy (non-hydrogen) atoms. The molecule has 0 aliphatic rings. The van der Waals surface area contributed by atoms with E-state index in [0.29, 0.717) is 12.1 Å². The van der Waals surface area contributed by atoms with E-state index in [1.165, 1.54) is 0 Å². The van der Waals surface area contributed by atoms with Crippen molar-refractivity contribution in [3.8, 4) is 11.5 Å². The van der Waals surface area contributed by atoms with Gasteiger partial charge in [-0.3, -0.25) is 0 Å². The molecule has 1 aromatic carbocycles. The summed E-state index contributed by atoms with van der Waals surface area (Å²) in [4.78, 5) is 0. The van der Waals surface area contributed by atoms with Gasteiger partial charge in [-0.05, 0) is 12.1 Å². The molecule has 0 radical (unpaired) electrons. The molecule has 96 valence electrons. The monoisotopic (exact) mass is 260 g/mol. The van der Waals surface area contributed by atoms with E-state index in [2.05, 4.69) is 9.47 Å². The predicted octanol–water partition coefficient (Wildman–Crippen LogP) is 3.61. The zero-order valence-corrected chi connectivity index (χ0v) is 8.32. The highest BCUT2D eigenvalue weighted by atomic mass is 19.4. The molecular formula is C9H6F6O2. The lowest BCUT2D eigenvalue weighted by molar-refractivity contribution is -0.276. The Bertz CT molecular complexity index is 395. The normalized spacial score (nSPS) is 12.4. The number of alkyl halides is 6. The van der Waals surface area contributed by atoms with Gasteiger partial charge in [0.05, 0.1) is 12.7 Å². The van der Waals surface area contributed by atoms with Crippen LogP contribution in [0, 0.1) is 0 Å². The van der Waals surface area contributed by atoms with Crippen LogP contribution in [-0.4, -0.2) is 13.5 Å². The van der Waals surface area contributed by atoms with Gasteiger partial charge >= 0.3 is 12.5 Å². The van der Waals surface area contributed by atoms with Crippen LogP contribution in [0.4, 0.5) is 26.3 Å². The number of rotatable bonds is 2. The summed E-state index contributed by atoms with van der Waals surface area (Å²) >= 11 is 0. The van der Waals surface area contributed by atoms with E-state index < -0.39 is 23.9 Å². The zero-order valence-electron chi connectivity index (χ0n) is 8.32. The maximum absolute atomic E-state index is 12.4. The average Bonchev–Trinajstić information content (AvgIpc) is 2.13. The third-order valence-corrected chi connectivity index (χ3v) is 1.72. The fourth-order valence-corrected chi connectivity index (χ4v) is 1.07. The first-order valence-electron chi connectivity index (χ1n) is 4.14. The van der Waals surface area contributed by atoms with Crippen molar-refractivity contribution in [1.29, 1.82) is 0 Å². The molecular weight excluding hydrogens is 254 g/mol. The van der Waals surface area contributed by atoms with E-state index in [1.807, 2.05) is 0 Å². The molecule has 0 spiro atoms. The largest absolute Gasteiger partial charge is 0.573 e. The van der Waals surface area contributed by atoms with Gasteiger partial charge < -0.3 is 9.47 Å². The fourth-order valence-electron chi connectivity index (χ4n) is 1.07. The molecule has 2 nitrogen and oxygen atoms in total. The minimum Gasteiger partial charge on any atom is -0.497 e. The Morgan fingerprint density at radius 1 is 1.00 bits per heavy atom. The van der Waals surface area contributed by atoms with Gasteiger partial charge in [-0.15, -0.1) is 13.2 Å². The van der Waals surface area contributed by atoms with Crippen molar-refractivity contribution in [3.05, 3.63) is 23.8 Å². The lowest BCUT2D eigenvalue weighted by Crippen LogP contribution is -2.20. The van der Waals surface area contributed by atoms with E-state index >= 15 is 0 Å². The van der Waals surface area contributed by atoms with Gasteiger partial charge in [-0.2, -0.15) is 13.2 Å². The van der Waals surface area contributed by atoms with Crippen LogP contribution in [0.5, 0.6) is 11.5 Å². The Labute approximate surface area is 91.7 Å². The van der Waals surface area contributed by atoms with Crippen molar-refractivity contribution in [2.45, 2.75) is 12.5 Å². The maximum Gasteiger partial charge on any atom is 0.573 e. The van der Waals surface area contributed by atoms with Crippen molar-refractivity contribution < 1.29 is 35.8 Å².